The zero-order valence-electron chi connectivity index (χ0n) is 98.5. The van der Waals surface area contributed by atoms with Gasteiger partial charge in [0.05, 0.1) is 31.0 Å². The molecular weight excluding hydrogens is 1850 g/mol. The van der Waals surface area contributed by atoms with E-state index in [1.54, 1.807) is 112 Å². The number of Topliss-reactive ketones (excluding diaryl/α,β-unsaturated/α-hetero) is 8. The van der Waals surface area contributed by atoms with Crippen LogP contribution in [0.2, 0.25) is 0 Å². The lowest BCUT2D eigenvalue weighted by molar-refractivity contribution is -0.136. The van der Waals surface area contributed by atoms with E-state index in [9.17, 15) is 47.9 Å². The fraction of sp³-hybridized carbons (Fsp3) is 0.533. The third kappa shape index (κ3) is 109. The molecule has 0 fully saturated rings. The molecule has 2 aromatic carbocycles. The van der Waals surface area contributed by atoms with E-state index in [4.69, 9.17) is 0 Å². The standard InChI is InChI=1S/C12H17NO.3C11H16N2O.C11H15NO.C10H12N2O2.2C10H14N2O.C9H12N2O.9C3H8/c1-10(2)12(14)8-9-13-11-6-4-3-5-7-11;1-9(2)11(14)5-8-13-10-3-6-12-7-4-10;1-9(2)11(14)5-7-13-10-4-3-6-12-8-10;1-9(2)10(14)6-8-13-11-5-3-4-7-12-11;1-9(2)11(13)8-12-10-6-4-3-5-7-10;1-7(2)9(13)10(14)12-8-3-5-11-6-4-8;1-8(2)10(13)7-12-9-4-3-5-11-6-9;1-8(2)9(13)7-12-10-5-3-4-6-11-10;1-7(2)9(12)11-8-3-5-10-6-4-8;9*1-3-2/h3-7,10,13H,8-9H2,1-2H3;3-4,6-7,9H,5,8H2,1-2H3,(H,12,13);3-4,6,8-9,13H,5,7H2,1-2H3;3-5,7,9H,6,8H2,1-2H3,(H,12,13);3-7,9,12H,8H2,1-2H3;3-7H,1-2H3,(H,11,12,14);3-6,8,12H,7H2,1-2H3;3-6,8H,7H2,1-2H3,(H,11,12);3-7H,1-2H3,(H,10,11,12);9*3H2,1-2H3. The number of rotatable bonds is 37. The van der Waals surface area contributed by atoms with Crippen molar-refractivity contribution in [1.29, 1.82) is 0 Å². The minimum absolute atomic E-state index is 0.0122. The molecule has 832 valence electrons. The summed E-state index contributed by atoms with van der Waals surface area (Å²) in [5.74, 6) is 2.99. The van der Waals surface area contributed by atoms with Crippen molar-refractivity contribution in [3.8, 4) is 0 Å². The number of benzene rings is 2. The topological polar surface area (TPSA) is 369 Å². The largest absolute Gasteiger partial charge is 0.385 e. The summed E-state index contributed by atoms with van der Waals surface area (Å²) in [5.41, 5.74) is 6.31. The van der Waals surface area contributed by atoms with Crippen LogP contribution < -0.4 is 47.9 Å². The predicted molar refractivity (Wildman–Crippen MR) is 635 cm³/mol. The van der Waals surface area contributed by atoms with Gasteiger partial charge in [-0.1, -0.05) is 356 Å². The quantitative estimate of drug-likeness (QED) is 0.0163. The highest BCUT2D eigenvalue weighted by molar-refractivity contribution is 6.41. The first-order chi connectivity index (χ1) is 70.4. The first-order valence-electron chi connectivity index (χ1n) is 53.9. The summed E-state index contributed by atoms with van der Waals surface area (Å²) in [6, 6.07) is 49.0. The van der Waals surface area contributed by atoms with Gasteiger partial charge in [0.1, 0.15) is 34.8 Å². The Morgan fingerprint density at radius 1 is 0.209 bits per heavy atom. The molecule has 0 saturated carbocycles. The number of hydrogen-bond acceptors (Lipinski definition) is 24. The maximum absolute atomic E-state index is 11.3. The molecule has 26 heteroatoms. The highest BCUT2D eigenvalue weighted by Gasteiger charge is 2.18. The first kappa shape index (κ1) is 153. The van der Waals surface area contributed by atoms with Gasteiger partial charge in [-0.15, -0.1) is 0 Å². The summed E-state index contributed by atoms with van der Waals surface area (Å²) >= 11 is 0. The van der Waals surface area contributed by atoms with Crippen LogP contribution in [0, 0.1) is 53.3 Å². The lowest BCUT2D eigenvalue weighted by atomic mass is 10.1. The van der Waals surface area contributed by atoms with Gasteiger partial charge in [-0.25, -0.2) is 9.97 Å². The summed E-state index contributed by atoms with van der Waals surface area (Å²) in [5, 5.41) is 26.9. The van der Waals surface area contributed by atoms with Gasteiger partial charge >= 0.3 is 0 Å². The number of pyridine rings is 7. The fourth-order valence-electron chi connectivity index (χ4n) is 8.69. The molecule has 0 spiro atoms. The van der Waals surface area contributed by atoms with Gasteiger partial charge in [0.15, 0.2) is 17.3 Å². The molecule has 0 atom stereocenters. The van der Waals surface area contributed by atoms with Crippen LogP contribution in [0.4, 0.5) is 51.4 Å². The summed E-state index contributed by atoms with van der Waals surface area (Å²) in [7, 11) is 0. The highest BCUT2D eigenvalue weighted by atomic mass is 16.2. The molecule has 9 N–H and O–H groups in total. The SMILES string of the molecule is CC(C)C(=O)C(=O)Nc1ccncc1.CC(C)C(=O)CCNc1ccccc1.CC(C)C(=O)CCNc1ccccn1.CC(C)C(=O)CCNc1cccnc1.CC(C)C(=O)CCNc1ccncc1.CC(C)C(=O)CNc1ccccc1.CC(C)C(=O)CNc1ccccn1.CC(C)C(=O)CNc1cccnc1.CC(C)C(=O)Nc1ccncc1.CCC.CCC.CCC.CCC.CCC.CCC.CCC.CCC.CCC. The van der Waals surface area contributed by atoms with E-state index in [-0.39, 0.29) is 82.3 Å². The average Bonchev–Trinajstić information content (AvgIpc) is 0.910. The second-order valence-electron chi connectivity index (χ2n) is 36.4. The van der Waals surface area contributed by atoms with E-state index in [2.05, 4.69) is 207 Å². The van der Waals surface area contributed by atoms with E-state index >= 15 is 0 Å². The van der Waals surface area contributed by atoms with Crippen molar-refractivity contribution in [2.24, 2.45) is 53.3 Å². The number of anilines is 9. The Bertz CT molecular complexity index is 4040. The molecule has 0 aliphatic heterocycles. The van der Waals surface area contributed by atoms with Crippen molar-refractivity contribution >= 4 is 110 Å². The number of nitrogens with zero attached hydrogens (tertiary/aromatic N) is 7. The predicted octanol–water partition coefficient (Wildman–Crippen LogP) is 30.5. The highest BCUT2D eigenvalue weighted by Crippen LogP contribution is 2.13. The number of carbonyl (C=O) groups excluding carboxylic acids is 10. The molecule has 7 heterocycles. The van der Waals surface area contributed by atoms with Crippen LogP contribution in [-0.4, -0.2) is 139 Å². The number of ketones is 8. The van der Waals surface area contributed by atoms with Crippen LogP contribution in [-0.2, 0) is 47.9 Å². The third-order valence-corrected chi connectivity index (χ3v) is 16.7. The Labute approximate surface area is 898 Å². The Balaban J connectivity index is -0.000000203. The van der Waals surface area contributed by atoms with Gasteiger partial charge in [0.25, 0.3) is 5.91 Å². The molecule has 0 unspecified atom stereocenters. The number of hydrogen-bond donors (Lipinski definition) is 9. The first-order valence-corrected chi connectivity index (χ1v) is 53.9. The number of carbonyl (C=O) groups is 10. The van der Waals surface area contributed by atoms with Gasteiger partial charge in [0, 0.05) is 208 Å². The van der Waals surface area contributed by atoms with Crippen molar-refractivity contribution in [1.82, 2.24) is 34.9 Å². The van der Waals surface area contributed by atoms with Crippen LogP contribution in [0.25, 0.3) is 0 Å². The lowest BCUT2D eigenvalue weighted by Crippen LogP contribution is -2.26. The summed E-state index contributed by atoms with van der Waals surface area (Å²) in [4.78, 5) is 140. The van der Waals surface area contributed by atoms with Crippen molar-refractivity contribution in [2.75, 3.05) is 93.7 Å². The molecule has 7 aromatic heterocycles. The molecule has 0 aliphatic carbocycles. The zero-order chi connectivity index (χ0) is 114. The molecule has 148 heavy (non-hydrogen) atoms. The maximum Gasteiger partial charge on any atom is 0.292 e. The van der Waals surface area contributed by atoms with Crippen molar-refractivity contribution < 1.29 is 47.9 Å². The minimum Gasteiger partial charge on any atom is -0.385 e. The Hall–Kier alpha value is -12.6. The van der Waals surface area contributed by atoms with Crippen molar-refractivity contribution in [2.45, 2.75) is 333 Å². The van der Waals surface area contributed by atoms with Gasteiger partial charge in [-0.2, -0.15) is 0 Å². The van der Waals surface area contributed by atoms with E-state index < -0.39 is 11.7 Å². The van der Waals surface area contributed by atoms with Crippen LogP contribution in [0.3, 0.4) is 0 Å². The van der Waals surface area contributed by atoms with Crippen molar-refractivity contribution in [3.05, 3.63) is 232 Å². The average molecular weight is 2060 g/mol. The molecule has 9 aromatic rings. The summed E-state index contributed by atoms with van der Waals surface area (Å²) in [6.45, 7) is 76.1. The monoisotopic (exact) mass is 2050 g/mol. The van der Waals surface area contributed by atoms with Gasteiger partial charge in [-0.3, -0.25) is 72.9 Å². The molecule has 26 nitrogen and oxygen atoms in total. The third-order valence-electron chi connectivity index (χ3n) is 16.7. The fourth-order valence-corrected chi connectivity index (χ4v) is 8.69. The van der Waals surface area contributed by atoms with Crippen molar-refractivity contribution in [3.63, 3.8) is 0 Å². The number of nitrogens with one attached hydrogen (secondary N) is 9. The van der Waals surface area contributed by atoms with Crippen LogP contribution in [0.15, 0.2) is 232 Å². The molecule has 9 rings (SSSR count). The molecule has 0 aliphatic rings. The molecule has 0 bridgehead atoms. The maximum atomic E-state index is 11.3. The molecule has 0 saturated heterocycles. The number of para-hydroxylation sites is 2. The Kier molecular flexibility index (Phi) is 117. The number of amides is 2. The second-order valence-corrected chi connectivity index (χ2v) is 36.4. The lowest BCUT2D eigenvalue weighted by Gasteiger charge is -2.06. The zero-order valence-corrected chi connectivity index (χ0v) is 98.5. The van der Waals surface area contributed by atoms with Gasteiger partial charge < -0.3 is 47.9 Å². The Morgan fingerprint density at radius 3 is 0.716 bits per heavy atom. The molecular formula is C122H204N16O10. The van der Waals surface area contributed by atoms with Crippen LogP contribution >= 0.6 is 0 Å². The summed E-state index contributed by atoms with van der Waals surface area (Å²) in [6.07, 6.45) is 33.7. The van der Waals surface area contributed by atoms with Crippen LogP contribution in [0.5, 0.6) is 0 Å². The minimum atomic E-state index is -0.578. The summed E-state index contributed by atoms with van der Waals surface area (Å²) < 4.78 is 0. The van der Waals surface area contributed by atoms with Gasteiger partial charge in [-0.05, 0) is 109 Å². The van der Waals surface area contributed by atoms with E-state index in [1.807, 2.05) is 244 Å². The second kappa shape index (κ2) is 113. The van der Waals surface area contributed by atoms with E-state index in [0.717, 1.165) is 52.3 Å². The van der Waals surface area contributed by atoms with Gasteiger partial charge in [0.2, 0.25) is 11.7 Å². The van der Waals surface area contributed by atoms with E-state index in [1.165, 1.54) is 57.8 Å². The van der Waals surface area contributed by atoms with Crippen LogP contribution in [0.1, 0.15) is 333 Å². The molecule has 0 radical (unpaired) electrons. The Morgan fingerprint density at radius 2 is 0.446 bits per heavy atom. The van der Waals surface area contributed by atoms with E-state index in [0.29, 0.717) is 88.0 Å². The molecule has 2 amide bonds. The number of aromatic nitrogens is 7. The normalized spacial score (nSPS) is 9.36. The smallest absolute Gasteiger partial charge is 0.292 e.